The summed E-state index contributed by atoms with van der Waals surface area (Å²) < 4.78 is 13.8. The number of rotatable bonds is 4. The summed E-state index contributed by atoms with van der Waals surface area (Å²) in [5.41, 5.74) is 7.27. The van der Waals surface area contributed by atoms with Gasteiger partial charge in [0, 0.05) is 29.5 Å². The summed E-state index contributed by atoms with van der Waals surface area (Å²) in [5.74, 6) is 0.843. The monoisotopic (exact) mass is 368 g/mol. The van der Waals surface area contributed by atoms with E-state index in [0.29, 0.717) is 45.7 Å². The van der Waals surface area contributed by atoms with E-state index in [0.717, 1.165) is 0 Å². The summed E-state index contributed by atoms with van der Waals surface area (Å²) in [6, 6.07) is 4.74. The van der Waals surface area contributed by atoms with E-state index in [1.165, 1.54) is 12.3 Å². The van der Waals surface area contributed by atoms with Gasteiger partial charge in [-0.05, 0) is 33.8 Å². The quantitative estimate of drug-likeness (QED) is 0.648. The number of nitrogen functional groups attached to an aromatic ring is 1. The predicted octanol–water partition coefficient (Wildman–Crippen LogP) is 3.24. The second-order valence-corrected chi connectivity index (χ2v) is 6.82. The van der Waals surface area contributed by atoms with E-state index >= 15 is 0 Å². The number of hydrogen-bond acceptors (Lipinski definition) is 7. The fraction of sp³-hybridized carbons (Fsp3) is 0.263. The first kappa shape index (κ1) is 18.7. The number of pyridine rings is 2. The van der Waals surface area contributed by atoms with Crippen molar-refractivity contribution >= 4 is 17.3 Å². The molecule has 3 heterocycles. The molecular weight excluding hydrogens is 347 g/mol. The number of aryl methyl sites for hydroxylation is 2. The van der Waals surface area contributed by atoms with Gasteiger partial charge >= 0.3 is 0 Å². The van der Waals surface area contributed by atoms with Gasteiger partial charge in [-0.15, -0.1) is 0 Å². The molecule has 3 rings (SSSR count). The molecule has 0 aromatic carbocycles. The largest absolute Gasteiger partial charge is 0.386 e. The van der Waals surface area contributed by atoms with Crippen LogP contribution in [0.1, 0.15) is 30.9 Å². The molecule has 0 bridgehead atoms. The van der Waals surface area contributed by atoms with Crippen LogP contribution >= 0.6 is 0 Å². The Morgan fingerprint density at radius 2 is 1.81 bits per heavy atom. The van der Waals surface area contributed by atoms with Crippen molar-refractivity contribution in [1.29, 1.82) is 0 Å². The summed E-state index contributed by atoms with van der Waals surface area (Å²) >= 11 is 0. The fourth-order valence-electron chi connectivity index (χ4n) is 2.53. The van der Waals surface area contributed by atoms with Crippen LogP contribution in [-0.2, 0) is 5.60 Å². The number of nitrogens with zero attached hydrogens (tertiary/aromatic N) is 4. The molecule has 0 aliphatic carbocycles. The van der Waals surface area contributed by atoms with E-state index in [1.54, 1.807) is 46.0 Å². The van der Waals surface area contributed by atoms with Crippen LogP contribution in [0.2, 0.25) is 0 Å². The lowest BCUT2D eigenvalue weighted by Gasteiger charge is -2.20. The van der Waals surface area contributed by atoms with Gasteiger partial charge in [0.15, 0.2) is 0 Å². The zero-order chi connectivity index (χ0) is 19.8. The third kappa shape index (κ3) is 4.17. The topological polar surface area (TPSA) is 110 Å². The maximum Gasteiger partial charge on any atom is 0.146 e. The zero-order valence-corrected chi connectivity index (χ0v) is 15.6. The molecule has 0 spiro atoms. The Hall–Kier alpha value is -3.13. The molecule has 27 heavy (non-hydrogen) atoms. The lowest BCUT2D eigenvalue weighted by molar-refractivity contribution is 0.0783. The van der Waals surface area contributed by atoms with Gasteiger partial charge in [0.1, 0.15) is 23.3 Å². The third-order valence-corrected chi connectivity index (χ3v) is 4.02. The van der Waals surface area contributed by atoms with Crippen LogP contribution in [0.15, 0.2) is 30.6 Å². The first-order chi connectivity index (χ1) is 12.6. The molecule has 0 saturated heterocycles. The van der Waals surface area contributed by atoms with E-state index in [-0.39, 0.29) is 0 Å². The first-order valence-corrected chi connectivity index (χ1v) is 8.37. The number of nitrogens with two attached hydrogens (primary N) is 1. The van der Waals surface area contributed by atoms with Gasteiger partial charge in [-0.1, -0.05) is 0 Å². The molecule has 0 fully saturated rings. The van der Waals surface area contributed by atoms with E-state index < -0.39 is 11.4 Å². The minimum Gasteiger partial charge on any atom is -0.386 e. The number of halogens is 1. The number of aromatic nitrogens is 4. The van der Waals surface area contributed by atoms with Crippen LogP contribution in [0.4, 0.5) is 21.7 Å². The van der Waals surface area contributed by atoms with Crippen molar-refractivity contribution < 1.29 is 9.50 Å². The Bertz CT molecular complexity index is 980. The van der Waals surface area contributed by atoms with Crippen LogP contribution in [0.25, 0.3) is 11.3 Å². The summed E-state index contributed by atoms with van der Waals surface area (Å²) in [7, 11) is 0. The average Bonchev–Trinajstić information content (AvgIpc) is 2.56. The predicted molar refractivity (Wildman–Crippen MR) is 102 cm³/mol. The van der Waals surface area contributed by atoms with Crippen LogP contribution in [-0.4, -0.2) is 25.0 Å². The second kappa shape index (κ2) is 6.88. The highest BCUT2D eigenvalue weighted by atomic mass is 19.1. The Morgan fingerprint density at radius 1 is 1.07 bits per heavy atom. The van der Waals surface area contributed by atoms with Crippen molar-refractivity contribution in [2.24, 2.45) is 0 Å². The van der Waals surface area contributed by atoms with E-state index in [4.69, 9.17) is 5.73 Å². The lowest BCUT2D eigenvalue weighted by Crippen LogP contribution is -2.16. The molecular formula is C19H21FN6O. The molecule has 3 aromatic heterocycles. The molecule has 0 radical (unpaired) electrons. The molecule has 7 nitrogen and oxygen atoms in total. The smallest absolute Gasteiger partial charge is 0.146 e. The van der Waals surface area contributed by atoms with Crippen molar-refractivity contribution in [3.63, 3.8) is 0 Å². The highest BCUT2D eigenvalue weighted by Gasteiger charge is 2.20. The minimum atomic E-state index is -1.09. The Morgan fingerprint density at radius 3 is 2.44 bits per heavy atom. The molecule has 3 aromatic rings. The van der Waals surface area contributed by atoms with E-state index in [2.05, 4.69) is 25.3 Å². The number of nitrogens with one attached hydrogen (secondary N) is 1. The number of aliphatic hydroxyl groups is 1. The number of hydrogen-bond donors (Lipinski definition) is 3. The third-order valence-electron chi connectivity index (χ3n) is 4.02. The zero-order valence-electron chi connectivity index (χ0n) is 15.6. The van der Waals surface area contributed by atoms with Crippen molar-refractivity contribution in [2.45, 2.75) is 33.3 Å². The van der Waals surface area contributed by atoms with E-state index in [9.17, 15) is 9.50 Å². The molecule has 140 valence electrons. The summed E-state index contributed by atoms with van der Waals surface area (Å²) in [6.07, 6.45) is 3.08. The average molecular weight is 368 g/mol. The fourth-order valence-corrected chi connectivity index (χ4v) is 2.53. The molecule has 8 heteroatoms. The summed E-state index contributed by atoms with van der Waals surface area (Å²) in [4.78, 5) is 16.9. The minimum absolute atomic E-state index is 0.310. The van der Waals surface area contributed by atoms with Crippen LogP contribution < -0.4 is 11.1 Å². The van der Waals surface area contributed by atoms with Gasteiger partial charge in [0.25, 0.3) is 0 Å². The molecule has 0 saturated carbocycles. The Balaban J connectivity index is 2.13. The molecule has 0 unspecified atom stereocenters. The molecule has 0 aliphatic rings. The molecule has 0 amide bonds. The Kier molecular flexibility index (Phi) is 4.75. The highest BCUT2D eigenvalue weighted by molar-refractivity contribution is 5.77. The van der Waals surface area contributed by atoms with Crippen LogP contribution in [0, 0.1) is 19.7 Å². The second-order valence-electron chi connectivity index (χ2n) is 6.82. The SMILES string of the molecule is Cc1nc(N)cc(-c2cc(C(C)(C)O)cnc2Nc2cnc(C)c(F)c2)n1. The van der Waals surface area contributed by atoms with Gasteiger partial charge in [0.2, 0.25) is 0 Å². The molecule has 0 atom stereocenters. The van der Waals surface area contributed by atoms with Crippen LogP contribution in [0.3, 0.4) is 0 Å². The van der Waals surface area contributed by atoms with Crippen molar-refractivity contribution in [2.75, 3.05) is 11.1 Å². The van der Waals surface area contributed by atoms with Crippen molar-refractivity contribution in [1.82, 2.24) is 19.9 Å². The summed E-state index contributed by atoms with van der Waals surface area (Å²) in [5, 5.41) is 13.4. The summed E-state index contributed by atoms with van der Waals surface area (Å²) in [6.45, 7) is 6.66. The number of anilines is 3. The molecule has 0 aliphatic heterocycles. The highest BCUT2D eigenvalue weighted by Crippen LogP contribution is 2.32. The van der Waals surface area contributed by atoms with Gasteiger partial charge < -0.3 is 16.2 Å². The first-order valence-electron chi connectivity index (χ1n) is 8.37. The van der Waals surface area contributed by atoms with Gasteiger partial charge in [-0.2, -0.15) is 0 Å². The molecule has 4 N–H and O–H groups in total. The van der Waals surface area contributed by atoms with Gasteiger partial charge in [0.05, 0.1) is 28.9 Å². The van der Waals surface area contributed by atoms with Crippen molar-refractivity contribution in [3.05, 3.63) is 53.5 Å². The maximum atomic E-state index is 13.8. The lowest BCUT2D eigenvalue weighted by atomic mass is 9.97. The maximum absolute atomic E-state index is 13.8. The normalized spacial score (nSPS) is 11.5. The standard InChI is InChI=1S/C19H21FN6O/c1-10-15(20)6-13(9-22-10)26-18-14(5-12(8-23-18)19(3,4)27)16-7-17(21)25-11(2)24-16/h5-9,27H,1-4H3,(H,23,26)(H2,21,24,25). The van der Waals surface area contributed by atoms with Crippen molar-refractivity contribution in [3.8, 4) is 11.3 Å². The Labute approximate surface area is 156 Å². The van der Waals surface area contributed by atoms with Gasteiger partial charge in [-0.3, -0.25) is 4.98 Å². The van der Waals surface area contributed by atoms with Crippen LogP contribution in [0.5, 0.6) is 0 Å². The van der Waals surface area contributed by atoms with E-state index in [1.807, 2.05) is 0 Å². The van der Waals surface area contributed by atoms with Gasteiger partial charge in [-0.25, -0.2) is 19.3 Å².